The Morgan fingerprint density at radius 3 is 2.25 bits per heavy atom. The van der Waals surface area contributed by atoms with Gasteiger partial charge in [-0.2, -0.15) is 0 Å². The van der Waals surface area contributed by atoms with Crippen LogP contribution in [0.25, 0.3) is 0 Å². The maximum atomic E-state index is 10.5. The molecule has 0 rings (SSSR count). The zero-order chi connectivity index (χ0) is 12.8. The van der Waals surface area contributed by atoms with E-state index in [0.29, 0.717) is 12.5 Å². The average molecular weight is 254 g/mol. The molecule has 2 N–H and O–H groups in total. The predicted octanol–water partition coefficient (Wildman–Crippen LogP) is -0.810. The second-order valence-corrected chi connectivity index (χ2v) is 5.60. The van der Waals surface area contributed by atoms with Gasteiger partial charge in [0.25, 0.3) is 0 Å². The van der Waals surface area contributed by atoms with Crippen molar-refractivity contribution in [2.45, 2.75) is 26.5 Å². The van der Waals surface area contributed by atoms with Crippen molar-refractivity contribution >= 4 is 10.1 Å². The molecule has 16 heavy (non-hydrogen) atoms. The molecule has 0 heterocycles. The lowest BCUT2D eigenvalue weighted by atomic mass is 10.1. The monoisotopic (exact) mass is 254 g/mol. The van der Waals surface area contributed by atoms with Crippen molar-refractivity contribution in [1.82, 2.24) is 4.90 Å². The quantitative estimate of drug-likeness (QED) is 0.434. The van der Waals surface area contributed by atoms with Crippen LogP contribution in [-0.4, -0.2) is 59.8 Å². The van der Waals surface area contributed by atoms with E-state index in [1.807, 2.05) is 13.8 Å². The molecule has 1 unspecified atom stereocenters. The van der Waals surface area contributed by atoms with Crippen molar-refractivity contribution in [3.05, 3.63) is 0 Å². The molecule has 0 aliphatic heterocycles. The zero-order valence-corrected chi connectivity index (χ0v) is 10.5. The van der Waals surface area contributed by atoms with Gasteiger partial charge in [-0.25, -0.2) is 8.42 Å². The first-order valence-corrected chi connectivity index (χ1v) is 6.80. The number of aliphatic hydroxyl groups excluding tert-OH is 2. The van der Waals surface area contributed by atoms with E-state index in [0.717, 1.165) is 6.42 Å². The highest BCUT2D eigenvalue weighted by Gasteiger charge is 2.17. The van der Waals surface area contributed by atoms with Crippen LogP contribution >= 0.6 is 0 Å². The van der Waals surface area contributed by atoms with Gasteiger partial charge < -0.3 is 14.8 Å². The summed E-state index contributed by atoms with van der Waals surface area (Å²) in [5.74, 6) is -0.442. The third-order valence-electron chi connectivity index (χ3n) is 2.16. The van der Waals surface area contributed by atoms with E-state index in [1.165, 1.54) is 4.90 Å². The minimum atomic E-state index is -4.45. The highest BCUT2D eigenvalue weighted by Crippen LogP contribution is 2.05. The predicted molar refractivity (Wildman–Crippen MR) is 58.7 cm³/mol. The van der Waals surface area contributed by atoms with Crippen molar-refractivity contribution in [3.63, 3.8) is 0 Å². The minimum absolute atomic E-state index is 0.156. The van der Waals surface area contributed by atoms with Gasteiger partial charge in [0.05, 0.1) is 22.5 Å². The highest BCUT2D eigenvalue weighted by atomic mass is 32.2. The molecule has 0 aliphatic rings. The second-order valence-electron chi connectivity index (χ2n) is 4.15. The Balaban J connectivity index is 4.28. The molecule has 0 aromatic rings. The van der Waals surface area contributed by atoms with Crippen LogP contribution in [0.1, 0.15) is 20.3 Å². The first-order valence-electron chi connectivity index (χ1n) is 5.22. The molecule has 0 bridgehead atoms. The number of nitrogens with zero attached hydrogens (tertiary/aromatic N) is 1. The minimum Gasteiger partial charge on any atom is -0.748 e. The Morgan fingerprint density at radius 1 is 1.31 bits per heavy atom. The Labute approximate surface area is 96.6 Å². The molecule has 7 heteroatoms. The van der Waals surface area contributed by atoms with Crippen LogP contribution in [-0.2, 0) is 10.1 Å². The van der Waals surface area contributed by atoms with Gasteiger partial charge in [0, 0.05) is 13.1 Å². The van der Waals surface area contributed by atoms with Gasteiger partial charge in [-0.05, 0) is 12.3 Å². The van der Waals surface area contributed by atoms with Crippen molar-refractivity contribution in [1.29, 1.82) is 0 Å². The van der Waals surface area contributed by atoms with Gasteiger partial charge in [-0.3, -0.25) is 4.90 Å². The molecule has 0 aliphatic carbocycles. The molecule has 0 aromatic carbocycles. The van der Waals surface area contributed by atoms with Gasteiger partial charge in [-0.15, -0.1) is 0 Å². The summed E-state index contributed by atoms with van der Waals surface area (Å²) in [5.41, 5.74) is 0. The van der Waals surface area contributed by atoms with Crippen LogP contribution in [0.4, 0.5) is 0 Å². The van der Waals surface area contributed by atoms with Crippen LogP contribution in [0.5, 0.6) is 0 Å². The van der Waals surface area contributed by atoms with E-state index in [-0.39, 0.29) is 13.2 Å². The summed E-state index contributed by atoms with van der Waals surface area (Å²) >= 11 is 0. The molecule has 0 aromatic heterocycles. The van der Waals surface area contributed by atoms with Gasteiger partial charge in [0.2, 0.25) is 0 Å². The molecule has 1 atom stereocenters. The maximum Gasteiger partial charge on any atom is 0.120 e. The molecule has 0 fully saturated rings. The standard InChI is InChI=1S/C9H21NO5S/c1-8(2)3-4-10(5-6-11)9(12)7-16(13,14)15/h8-9,11-12H,3-7H2,1-2H3,(H,13,14,15)/p-1. The smallest absolute Gasteiger partial charge is 0.120 e. The summed E-state index contributed by atoms with van der Waals surface area (Å²) in [4.78, 5) is 1.40. The van der Waals surface area contributed by atoms with Crippen molar-refractivity contribution < 1.29 is 23.2 Å². The first-order chi connectivity index (χ1) is 7.26. The van der Waals surface area contributed by atoms with E-state index in [9.17, 15) is 18.1 Å². The zero-order valence-electron chi connectivity index (χ0n) is 9.66. The third kappa shape index (κ3) is 8.00. The van der Waals surface area contributed by atoms with E-state index >= 15 is 0 Å². The van der Waals surface area contributed by atoms with Gasteiger partial charge >= 0.3 is 0 Å². The van der Waals surface area contributed by atoms with Crippen LogP contribution in [0.2, 0.25) is 0 Å². The SMILES string of the molecule is CC(C)CCN(CCO)C(O)CS(=O)(=O)[O-]. The summed E-state index contributed by atoms with van der Waals surface area (Å²) in [5, 5.41) is 18.3. The molecular weight excluding hydrogens is 234 g/mol. The average Bonchev–Trinajstić information content (AvgIpc) is 2.08. The summed E-state index contributed by atoms with van der Waals surface area (Å²) in [7, 11) is -4.45. The second kappa shape index (κ2) is 7.18. The Bertz CT molecular complexity index is 278. The van der Waals surface area contributed by atoms with Crippen LogP contribution in [0, 0.1) is 5.92 Å². The fourth-order valence-electron chi connectivity index (χ4n) is 1.25. The normalized spacial score (nSPS) is 14.7. The van der Waals surface area contributed by atoms with E-state index in [4.69, 9.17) is 5.11 Å². The molecule has 0 radical (unpaired) electrons. The largest absolute Gasteiger partial charge is 0.748 e. The molecule has 98 valence electrons. The third-order valence-corrected chi connectivity index (χ3v) is 2.86. The topological polar surface area (TPSA) is 101 Å². The lowest BCUT2D eigenvalue weighted by molar-refractivity contribution is 0.00729. The molecule has 0 saturated carbocycles. The Kier molecular flexibility index (Phi) is 7.09. The van der Waals surface area contributed by atoms with E-state index < -0.39 is 22.1 Å². The van der Waals surface area contributed by atoms with Gasteiger partial charge in [0.15, 0.2) is 0 Å². The molecular formula is C9H20NO5S-. The van der Waals surface area contributed by atoms with Crippen LogP contribution in [0.3, 0.4) is 0 Å². The molecule has 0 amide bonds. The van der Waals surface area contributed by atoms with E-state index in [1.54, 1.807) is 0 Å². The van der Waals surface area contributed by atoms with Gasteiger partial charge in [-0.1, -0.05) is 13.8 Å². The Hall–Kier alpha value is -0.210. The van der Waals surface area contributed by atoms with Crippen molar-refractivity contribution in [2.75, 3.05) is 25.4 Å². The van der Waals surface area contributed by atoms with Crippen LogP contribution in [0.15, 0.2) is 0 Å². The summed E-state index contributed by atoms with van der Waals surface area (Å²) in [6.07, 6.45) is -0.580. The summed E-state index contributed by atoms with van der Waals surface area (Å²) in [6.45, 7) is 4.41. The molecule has 6 nitrogen and oxygen atoms in total. The fraction of sp³-hybridized carbons (Fsp3) is 1.00. The maximum absolute atomic E-state index is 10.5. The fourth-order valence-corrected chi connectivity index (χ4v) is 1.83. The number of hydrogen-bond acceptors (Lipinski definition) is 6. The van der Waals surface area contributed by atoms with Crippen molar-refractivity contribution in [2.24, 2.45) is 5.92 Å². The van der Waals surface area contributed by atoms with E-state index in [2.05, 4.69) is 0 Å². The van der Waals surface area contributed by atoms with Crippen molar-refractivity contribution in [3.8, 4) is 0 Å². The number of aliphatic hydroxyl groups is 2. The first kappa shape index (κ1) is 15.8. The summed E-state index contributed by atoms with van der Waals surface area (Å²) in [6, 6.07) is 0. The van der Waals surface area contributed by atoms with Crippen LogP contribution < -0.4 is 0 Å². The lowest BCUT2D eigenvalue weighted by Crippen LogP contribution is -2.42. The highest BCUT2D eigenvalue weighted by molar-refractivity contribution is 7.85. The Morgan fingerprint density at radius 2 is 1.88 bits per heavy atom. The number of rotatable bonds is 8. The summed E-state index contributed by atoms with van der Waals surface area (Å²) < 4.78 is 31.5. The lowest BCUT2D eigenvalue weighted by Gasteiger charge is -2.28. The van der Waals surface area contributed by atoms with Gasteiger partial charge in [0.1, 0.15) is 6.23 Å². The molecule has 0 saturated heterocycles. The number of hydrogen-bond donors (Lipinski definition) is 2. The molecule has 0 spiro atoms.